The van der Waals surface area contributed by atoms with Crippen LogP contribution in [0.3, 0.4) is 0 Å². The molecule has 1 heterocycles. The quantitative estimate of drug-likeness (QED) is 0.569. The predicted octanol–water partition coefficient (Wildman–Crippen LogP) is 4.94. The summed E-state index contributed by atoms with van der Waals surface area (Å²) < 4.78 is 12.8. The van der Waals surface area contributed by atoms with Gasteiger partial charge in [-0.2, -0.15) is 5.10 Å². The van der Waals surface area contributed by atoms with E-state index in [2.05, 4.69) is 5.10 Å². The van der Waals surface area contributed by atoms with Gasteiger partial charge in [0.25, 0.3) is 0 Å². The Morgan fingerprint density at radius 3 is 2.64 bits per heavy atom. The molecule has 0 unspecified atom stereocenters. The third-order valence-corrected chi connectivity index (χ3v) is 4.73. The van der Waals surface area contributed by atoms with Crippen molar-refractivity contribution in [2.45, 2.75) is 46.3 Å². The summed E-state index contributed by atoms with van der Waals surface area (Å²) in [6.45, 7) is 8.04. The Hall–Kier alpha value is -2.53. The van der Waals surface area contributed by atoms with Crippen molar-refractivity contribution in [3.63, 3.8) is 0 Å². The van der Waals surface area contributed by atoms with E-state index >= 15 is 0 Å². The molecule has 0 amide bonds. The minimum Gasteiger partial charge on any atom is -0.496 e. The van der Waals surface area contributed by atoms with Gasteiger partial charge in [-0.1, -0.05) is 29.8 Å². The van der Waals surface area contributed by atoms with E-state index in [0.717, 1.165) is 33.5 Å². The van der Waals surface area contributed by atoms with Crippen LogP contribution in [-0.2, 0) is 22.5 Å². The molecule has 5 nitrogen and oxygen atoms in total. The molecule has 0 aliphatic heterocycles. The first kappa shape index (κ1) is 20.2. The zero-order valence-corrected chi connectivity index (χ0v) is 17.6. The fourth-order valence-electron chi connectivity index (χ4n) is 3.19. The zero-order chi connectivity index (χ0) is 20.5. The number of esters is 1. The van der Waals surface area contributed by atoms with Gasteiger partial charge in [0.1, 0.15) is 11.4 Å². The molecule has 0 atom stereocenters. The number of methoxy groups -OCH3 is 1. The highest BCUT2D eigenvalue weighted by atomic mass is 35.5. The lowest BCUT2D eigenvalue weighted by molar-refractivity contribution is -0.153. The number of benzene rings is 2. The number of rotatable bonds is 5. The minimum absolute atomic E-state index is 0.215. The normalized spacial score (nSPS) is 11.6. The number of nitrogens with zero attached hydrogens (tertiary/aromatic N) is 2. The third-order valence-electron chi connectivity index (χ3n) is 4.37. The summed E-state index contributed by atoms with van der Waals surface area (Å²) in [5.74, 6) is 0.473. The van der Waals surface area contributed by atoms with E-state index < -0.39 is 5.60 Å². The van der Waals surface area contributed by atoms with Gasteiger partial charge in [0.15, 0.2) is 0 Å². The first-order chi connectivity index (χ1) is 13.2. The summed E-state index contributed by atoms with van der Waals surface area (Å²) in [4.78, 5) is 12.2. The first-order valence-electron chi connectivity index (χ1n) is 9.17. The minimum atomic E-state index is -0.500. The van der Waals surface area contributed by atoms with Crippen LogP contribution in [0.25, 0.3) is 10.9 Å². The van der Waals surface area contributed by atoms with E-state index in [1.54, 1.807) is 7.11 Å². The molecular weight excluding hydrogens is 376 g/mol. The number of fused-ring (bicyclic) bond motifs is 1. The molecule has 6 heteroatoms. The Balaban J connectivity index is 1.95. The smallest absolute Gasteiger partial charge is 0.310 e. The molecule has 3 rings (SSSR count). The van der Waals surface area contributed by atoms with Crippen molar-refractivity contribution >= 4 is 28.5 Å². The average molecular weight is 401 g/mol. The maximum absolute atomic E-state index is 12.2. The van der Waals surface area contributed by atoms with Crippen molar-refractivity contribution in [1.82, 2.24) is 9.78 Å². The summed E-state index contributed by atoms with van der Waals surface area (Å²) in [5, 5.41) is 6.34. The largest absolute Gasteiger partial charge is 0.496 e. The molecule has 148 valence electrons. The zero-order valence-electron chi connectivity index (χ0n) is 16.9. The monoisotopic (exact) mass is 400 g/mol. The van der Waals surface area contributed by atoms with Crippen LogP contribution < -0.4 is 4.74 Å². The van der Waals surface area contributed by atoms with Gasteiger partial charge in [-0.3, -0.25) is 9.48 Å². The van der Waals surface area contributed by atoms with Gasteiger partial charge in [0.05, 0.1) is 31.3 Å². The summed E-state index contributed by atoms with van der Waals surface area (Å²) in [7, 11) is 1.63. The van der Waals surface area contributed by atoms with Gasteiger partial charge in [-0.25, -0.2) is 0 Å². The van der Waals surface area contributed by atoms with Crippen LogP contribution in [0.5, 0.6) is 5.75 Å². The number of hydrogen-bond donors (Lipinski definition) is 0. The van der Waals surface area contributed by atoms with Crippen LogP contribution in [0, 0.1) is 6.92 Å². The second kappa shape index (κ2) is 7.84. The summed E-state index contributed by atoms with van der Waals surface area (Å²) >= 11 is 6.40. The number of halogens is 1. The summed E-state index contributed by atoms with van der Waals surface area (Å²) in [6.07, 6.45) is 0.215. The van der Waals surface area contributed by atoms with Crippen LogP contribution >= 0.6 is 11.6 Å². The fraction of sp³-hybridized carbons (Fsp3) is 0.364. The molecule has 0 aliphatic carbocycles. The van der Waals surface area contributed by atoms with Crippen molar-refractivity contribution in [3.8, 4) is 5.75 Å². The van der Waals surface area contributed by atoms with Crippen molar-refractivity contribution in [2.24, 2.45) is 0 Å². The number of aryl methyl sites for hydroxylation is 1. The number of aromatic nitrogens is 2. The molecular formula is C22H25ClN2O3. The Morgan fingerprint density at radius 2 is 1.96 bits per heavy atom. The Morgan fingerprint density at radius 1 is 1.21 bits per heavy atom. The van der Waals surface area contributed by atoms with E-state index in [9.17, 15) is 4.79 Å². The van der Waals surface area contributed by atoms with Crippen LogP contribution in [0.1, 0.15) is 37.6 Å². The van der Waals surface area contributed by atoms with Crippen LogP contribution in [0.15, 0.2) is 36.4 Å². The van der Waals surface area contributed by atoms with E-state index in [0.29, 0.717) is 11.6 Å². The lowest BCUT2D eigenvalue weighted by Gasteiger charge is -2.19. The Labute approximate surface area is 170 Å². The molecule has 3 aromatic rings. The Bertz CT molecular complexity index is 1020. The molecule has 0 saturated carbocycles. The van der Waals surface area contributed by atoms with E-state index in [4.69, 9.17) is 21.1 Å². The highest BCUT2D eigenvalue weighted by molar-refractivity contribution is 6.31. The highest BCUT2D eigenvalue weighted by Crippen LogP contribution is 2.29. The predicted molar refractivity (Wildman–Crippen MR) is 111 cm³/mol. The van der Waals surface area contributed by atoms with Gasteiger partial charge in [0.2, 0.25) is 0 Å². The SMILES string of the molecule is COc1cccc(Cl)c1Cn1nc(C)c2ccc(CC(=O)OC(C)(C)C)cc21. The number of carbonyl (C=O) groups excluding carboxylic acids is 1. The van der Waals surface area contributed by atoms with Gasteiger partial charge in [-0.15, -0.1) is 0 Å². The standard InChI is InChI=1S/C22H25ClN2O3/c1-14-16-10-9-15(12-21(26)28-22(2,3)4)11-19(16)25(24-14)13-17-18(23)7-6-8-20(17)27-5/h6-11H,12-13H2,1-5H3. The summed E-state index contributed by atoms with van der Waals surface area (Å²) in [5.41, 5.74) is 3.12. The average Bonchev–Trinajstić information content (AvgIpc) is 2.90. The molecule has 2 aromatic carbocycles. The molecule has 0 radical (unpaired) electrons. The highest BCUT2D eigenvalue weighted by Gasteiger charge is 2.18. The maximum atomic E-state index is 12.2. The lowest BCUT2D eigenvalue weighted by atomic mass is 10.1. The second-order valence-electron chi connectivity index (χ2n) is 7.78. The van der Waals surface area contributed by atoms with Gasteiger partial charge in [0, 0.05) is 16.0 Å². The molecule has 0 spiro atoms. The molecule has 28 heavy (non-hydrogen) atoms. The Kier molecular flexibility index (Phi) is 5.66. The van der Waals surface area contributed by atoms with Crippen molar-refractivity contribution in [2.75, 3.05) is 7.11 Å². The van der Waals surface area contributed by atoms with Crippen molar-refractivity contribution < 1.29 is 14.3 Å². The number of carbonyl (C=O) groups is 1. The molecule has 0 fully saturated rings. The topological polar surface area (TPSA) is 53.4 Å². The van der Waals surface area contributed by atoms with E-state index in [1.165, 1.54) is 0 Å². The number of ether oxygens (including phenoxy) is 2. The van der Waals surface area contributed by atoms with Crippen LogP contribution in [0.4, 0.5) is 0 Å². The molecule has 0 saturated heterocycles. The van der Waals surface area contributed by atoms with Crippen LogP contribution in [0.2, 0.25) is 5.02 Å². The van der Waals surface area contributed by atoms with Crippen molar-refractivity contribution in [1.29, 1.82) is 0 Å². The lowest BCUT2D eigenvalue weighted by Crippen LogP contribution is -2.24. The van der Waals surface area contributed by atoms with Crippen molar-refractivity contribution in [3.05, 3.63) is 58.2 Å². The van der Waals surface area contributed by atoms with E-state index in [-0.39, 0.29) is 12.4 Å². The number of hydrogen-bond acceptors (Lipinski definition) is 4. The third kappa shape index (κ3) is 4.47. The molecule has 0 bridgehead atoms. The van der Waals surface area contributed by atoms with Gasteiger partial charge in [-0.05, 0) is 51.5 Å². The first-order valence-corrected chi connectivity index (χ1v) is 9.55. The van der Waals surface area contributed by atoms with E-state index in [1.807, 2.05) is 68.8 Å². The second-order valence-corrected chi connectivity index (χ2v) is 8.19. The van der Waals surface area contributed by atoms with Crippen LogP contribution in [-0.4, -0.2) is 28.5 Å². The van der Waals surface area contributed by atoms with Gasteiger partial charge >= 0.3 is 5.97 Å². The fourth-order valence-corrected chi connectivity index (χ4v) is 3.42. The summed E-state index contributed by atoms with van der Waals surface area (Å²) in [6, 6.07) is 11.5. The maximum Gasteiger partial charge on any atom is 0.310 e. The van der Waals surface area contributed by atoms with Gasteiger partial charge < -0.3 is 9.47 Å². The molecule has 0 N–H and O–H groups in total. The molecule has 1 aromatic heterocycles. The molecule has 0 aliphatic rings.